The van der Waals surface area contributed by atoms with E-state index in [1.54, 1.807) is 24.5 Å². The van der Waals surface area contributed by atoms with Gasteiger partial charge >= 0.3 is 0 Å². The van der Waals surface area contributed by atoms with Gasteiger partial charge in [0.25, 0.3) is 0 Å². The van der Waals surface area contributed by atoms with E-state index in [1.165, 1.54) is 11.8 Å². The number of nitrogens with zero attached hydrogens (tertiary/aromatic N) is 3. The van der Waals surface area contributed by atoms with Crippen molar-refractivity contribution in [1.29, 1.82) is 0 Å². The van der Waals surface area contributed by atoms with Crippen molar-refractivity contribution in [3.63, 3.8) is 0 Å². The third kappa shape index (κ3) is 3.31. The normalized spacial score (nSPS) is 10.5. The van der Waals surface area contributed by atoms with Crippen LogP contribution in [0.1, 0.15) is 11.3 Å². The molecule has 0 fully saturated rings. The number of nitrogens with two attached hydrogens (primary N) is 1. The topological polar surface area (TPSA) is 64.7 Å². The zero-order chi connectivity index (χ0) is 12.3. The van der Waals surface area contributed by atoms with Crippen molar-refractivity contribution in [3.8, 4) is 0 Å². The molecule has 17 heavy (non-hydrogen) atoms. The Kier molecular flexibility index (Phi) is 3.81. The van der Waals surface area contributed by atoms with Crippen molar-refractivity contribution in [2.24, 2.45) is 0 Å². The number of thioether (sulfide) groups is 1. The fraction of sp³-hybridized carbons (Fsp3) is 0.182. The standard InChI is InChI=1S/C11H11ClN4S/c1-7-4-14-11(15-5-7)17-6-9-8(12)2-3-10(13)16-9/h2-5H,6H2,1H3,(H2,13,16). The summed E-state index contributed by atoms with van der Waals surface area (Å²) in [5.41, 5.74) is 7.39. The number of halogens is 1. The number of aryl methyl sites for hydroxylation is 1. The summed E-state index contributed by atoms with van der Waals surface area (Å²) >= 11 is 7.50. The largest absolute Gasteiger partial charge is 0.384 e. The summed E-state index contributed by atoms with van der Waals surface area (Å²) in [6.07, 6.45) is 3.56. The van der Waals surface area contributed by atoms with E-state index in [2.05, 4.69) is 15.0 Å². The molecule has 2 aromatic rings. The van der Waals surface area contributed by atoms with Gasteiger partial charge in [-0.15, -0.1) is 0 Å². The maximum absolute atomic E-state index is 6.02. The van der Waals surface area contributed by atoms with Gasteiger partial charge in [0, 0.05) is 18.1 Å². The second-order valence-electron chi connectivity index (χ2n) is 3.50. The predicted molar refractivity (Wildman–Crippen MR) is 70.0 cm³/mol. The quantitative estimate of drug-likeness (QED) is 0.684. The lowest BCUT2D eigenvalue weighted by molar-refractivity contribution is 0.948. The van der Waals surface area contributed by atoms with E-state index in [4.69, 9.17) is 17.3 Å². The molecular formula is C11H11ClN4S. The Morgan fingerprint density at radius 1 is 1.29 bits per heavy atom. The van der Waals surface area contributed by atoms with Crippen LogP contribution in [0.5, 0.6) is 0 Å². The van der Waals surface area contributed by atoms with Gasteiger partial charge in [0.05, 0.1) is 10.7 Å². The summed E-state index contributed by atoms with van der Waals surface area (Å²) in [6, 6.07) is 3.43. The van der Waals surface area contributed by atoms with Crippen LogP contribution >= 0.6 is 23.4 Å². The fourth-order valence-electron chi connectivity index (χ4n) is 1.19. The Balaban J connectivity index is 2.07. The number of hydrogen-bond donors (Lipinski definition) is 1. The fourth-order valence-corrected chi connectivity index (χ4v) is 2.18. The molecule has 2 aromatic heterocycles. The minimum absolute atomic E-state index is 0.467. The Bertz CT molecular complexity index is 515. The number of hydrogen-bond acceptors (Lipinski definition) is 5. The Hall–Kier alpha value is -1.33. The molecule has 2 N–H and O–H groups in total. The molecule has 0 spiro atoms. The lowest BCUT2D eigenvalue weighted by Crippen LogP contribution is -1.96. The van der Waals surface area contributed by atoms with Gasteiger partial charge in [-0.1, -0.05) is 23.4 Å². The molecule has 0 aliphatic heterocycles. The molecule has 6 heteroatoms. The first-order valence-electron chi connectivity index (χ1n) is 4.97. The third-order valence-electron chi connectivity index (χ3n) is 2.04. The molecular weight excluding hydrogens is 256 g/mol. The SMILES string of the molecule is Cc1cnc(SCc2nc(N)ccc2Cl)nc1. The minimum Gasteiger partial charge on any atom is -0.384 e. The van der Waals surface area contributed by atoms with Gasteiger partial charge in [0.15, 0.2) is 5.16 Å². The molecule has 0 amide bonds. The van der Waals surface area contributed by atoms with E-state index in [1.807, 2.05) is 6.92 Å². The molecule has 0 bridgehead atoms. The molecule has 0 saturated carbocycles. The molecule has 2 rings (SSSR count). The van der Waals surface area contributed by atoms with E-state index < -0.39 is 0 Å². The summed E-state index contributed by atoms with van der Waals surface area (Å²) in [5.74, 6) is 1.07. The second kappa shape index (κ2) is 5.33. The highest BCUT2D eigenvalue weighted by Gasteiger charge is 2.05. The maximum Gasteiger partial charge on any atom is 0.187 e. The Morgan fingerprint density at radius 3 is 2.71 bits per heavy atom. The van der Waals surface area contributed by atoms with Crippen LogP contribution in [0, 0.1) is 6.92 Å². The maximum atomic E-state index is 6.02. The lowest BCUT2D eigenvalue weighted by atomic mass is 10.4. The van der Waals surface area contributed by atoms with E-state index in [-0.39, 0.29) is 0 Å². The first kappa shape index (κ1) is 12.1. The lowest BCUT2D eigenvalue weighted by Gasteiger charge is -2.03. The number of aromatic nitrogens is 3. The molecule has 88 valence electrons. The van der Waals surface area contributed by atoms with Crippen molar-refractivity contribution in [3.05, 3.63) is 40.8 Å². The molecule has 0 aromatic carbocycles. The highest BCUT2D eigenvalue weighted by molar-refractivity contribution is 7.98. The van der Waals surface area contributed by atoms with Crippen LogP contribution in [0.2, 0.25) is 5.02 Å². The van der Waals surface area contributed by atoms with Crippen LogP contribution in [-0.2, 0) is 5.75 Å². The molecule has 2 heterocycles. The summed E-state index contributed by atoms with van der Waals surface area (Å²) in [7, 11) is 0. The number of rotatable bonds is 3. The monoisotopic (exact) mass is 266 g/mol. The van der Waals surface area contributed by atoms with Gasteiger partial charge < -0.3 is 5.73 Å². The van der Waals surface area contributed by atoms with Crippen LogP contribution in [-0.4, -0.2) is 15.0 Å². The summed E-state index contributed by atoms with van der Waals surface area (Å²) < 4.78 is 0. The van der Waals surface area contributed by atoms with E-state index in [0.29, 0.717) is 21.7 Å². The molecule has 0 saturated heterocycles. The Morgan fingerprint density at radius 2 is 2.00 bits per heavy atom. The third-order valence-corrected chi connectivity index (χ3v) is 3.27. The van der Waals surface area contributed by atoms with E-state index in [0.717, 1.165) is 11.3 Å². The van der Waals surface area contributed by atoms with Crippen molar-refractivity contribution >= 4 is 29.2 Å². The van der Waals surface area contributed by atoms with Crippen LogP contribution in [0.25, 0.3) is 0 Å². The molecule has 4 nitrogen and oxygen atoms in total. The molecule has 0 radical (unpaired) electrons. The molecule has 0 aliphatic carbocycles. The Labute approximate surface area is 109 Å². The van der Waals surface area contributed by atoms with Crippen molar-refractivity contribution < 1.29 is 0 Å². The average molecular weight is 267 g/mol. The smallest absolute Gasteiger partial charge is 0.187 e. The van der Waals surface area contributed by atoms with Crippen molar-refractivity contribution in [1.82, 2.24) is 15.0 Å². The molecule has 0 aliphatic rings. The minimum atomic E-state index is 0.467. The van der Waals surface area contributed by atoms with Gasteiger partial charge in [0.2, 0.25) is 0 Å². The zero-order valence-corrected chi connectivity index (χ0v) is 10.8. The zero-order valence-electron chi connectivity index (χ0n) is 9.22. The van der Waals surface area contributed by atoms with Crippen LogP contribution < -0.4 is 5.73 Å². The number of pyridine rings is 1. The predicted octanol–water partition coefficient (Wildman–Crippen LogP) is 2.71. The van der Waals surface area contributed by atoms with Gasteiger partial charge in [-0.2, -0.15) is 0 Å². The van der Waals surface area contributed by atoms with Crippen molar-refractivity contribution in [2.45, 2.75) is 17.8 Å². The van der Waals surface area contributed by atoms with Crippen LogP contribution in [0.3, 0.4) is 0 Å². The summed E-state index contributed by atoms with van der Waals surface area (Å²) in [6.45, 7) is 1.95. The highest BCUT2D eigenvalue weighted by Crippen LogP contribution is 2.23. The summed E-state index contributed by atoms with van der Waals surface area (Å²) in [5, 5.41) is 1.31. The highest BCUT2D eigenvalue weighted by atomic mass is 35.5. The summed E-state index contributed by atoms with van der Waals surface area (Å²) in [4.78, 5) is 12.6. The van der Waals surface area contributed by atoms with Crippen LogP contribution in [0.15, 0.2) is 29.7 Å². The van der Waals surface area contributed by atoms with Gasteiger partial charge in [-0.25, -0.2) is 15.0 Å². The number of nitrogen functional groups attached to an aromatic ring is 1. The first-order chi connectivity index (χ1) is 8.15. The molecule has 0 unspecified atom stereocenters. The van der Waals surface area contributed by atoms with Gasteiger partial charge in [-0.3, -0.25) is 0 Å². The molecule has 0 atom stereocenters. The number of anilines is 1. The van der Waals surface area contributed by atoms with Gasteiger partial charge in [-0.05, 0) is 24.6 Å². The van der Waals surface area contributed by atoms with Crippen LogP contribution in [0.4, 0.5) is 5.82 Å². The van der Waals surface area contributed by atoms with Gasteiger partial charge in [0.1, 0.15) is 5.82 Å². The second-order valence-corrected chi connectivity index (χ2v) is 4.85. The average Bonchev–Trinajstić information content (AvgIpc) is 2.32. The van der Waals surface area contributed by atoms with Crippen molar-refractivity contribution in [2.75, 3.05) is 5.73 Å². The van der Waals surface area contributed by atoms with E-state index in [9.17, 15) is 0 Å². The van der Waals surface area contributed by atoms with E-state index >= 15 is 0 Å². The first-order valence-corrected chi connectivity index (χ1v) is 6.34.